The summed E-state index contributed by atoms with van der Waals surface area (Å²) in [6.07, 6.45) is 5.80. The molecule has 0 amide bonds. The van der Waals surface area contributed by atoms with Crippen LogP contribution in [-0.4, -0.2) is 27.7 Å². The van der Waals surface area contributed by atoms with Gasteiger partial charge in [0.1, 0.15) is 5.52 Å². The van der Waals surface area contributed by atoms with Gasteiger partial charge in [-0.05, 0) is 37.1 Å². The molecule has 1 unspecified atom stereocenters. The first-order valence-electron chi connectivity index (χ1n) is 7.35. The second-order valence-corrected chi connectivity index (χ2v) is 5.45. The number of aromatic nitrogens is 3. The average Bonchev–Trinajstić information content (AvgIpc) is 3.16. The molecule has 0 N–H and O–H groups in total. The predicted octanol–water partition coefficient (Wildman–Crippen LogP) is 3.12. The van der Waals surface area contributed by atoms with Gasteiger partial charge in [-0.25, -0.2) is 9.97 Å². The third-order valence-electron chi connectivity index (χ3n) is 3.94. The van der Waals surface area contributed by atoms with Crippen LogP contribution in [0.25, 0.3) is 22.7 Å². The Morgan fingerprint density at radius 3 is 3.10 bits per heavy atom. The molecule has 1 saturated heterocycles. The van der Waals surface area contributed by atoms with E-state index in [1.54, 1.807) is 6.26 Å². The number of pyridine rings is 1. The lowest BCUT2D eigenvalue weighted by Crippen LogP contribution is -2.22. The van der Waals surface area contributed by atoms with Crippen molar-refractivity contribution in [3.8, 4) is 11.6 Å². The molecule has 0 aromatic carbocycles. The normalized spacial score (nSPS) is 19.1. The molecule has 1 aliphatic heterocycles. The van der Waals surface area contributed by atoms with E-state index in [9.17, 15) is 0 Å². The molecule has 4 rings (SSSR count). The maximum absolute atomic E-state index is 5.60. The molecule has 0 radical (unpaired) electrons. The molecular formula is C16H17N3O2. The van der Waals surface area contributed by atoms with Gasteiger partial charge >= 0.3 is 0 Å². The summed E-state index contributed by atoms with van der Waals surface area (Å²) in [7, 11) is 0. The van der Waals surface area contributed by atoms with Gasteiger partial charge in [0.2, 0.25) is 0 Å². The highest BCUT2D eigenvalue weighted by Gasteiger charge is 2.20. The van der Waals surface area contributed by atoms with E-state index in [-0.39, 0.29) is 0 Å². The first-order valence-corrected chi connectivity index (χ1v) is 7.35. The van der Waals surface area contributed by atoms with Gasteiger partial charge < -0.3 is 13.7 Å². The summed E-state index contributed by atoms with van der Waals surface area (Å²) < 4.78 is 13.3. The molecule has 3 aromatic rings. The van der Waals surface area contributed by atoms with Crippen LogP contribution in [0.5, 0.6) is 0 Å². The quantitative estimate of drug-likeness (QED) is 0.741. The monoisotopic (exact) mass is 283 g/mol. The second-order valence-electron chi connectivity index (χ2n) is 5.45. The van der Waals surface area contributed by atoms with Crippen LogP contribution in [0.1, 0.15) is 12.8 Å². The zero-order valence-electron chi connectivity index (χ0n) is 11.7. The van der Waals surface area contributed by atoms with E-state index < -0.39 is 0 Å². The van der Waals surface area contributed by atoms with E-state index >= 15 is 0 Å². The van der Waals surface area contributed by atoms with Gasteiger partial charge in [-0.1, -0.05) is 0 Å². The van der Waals surface area contributed by atoms with E-state index in [2.05, 4.69) is 14.5 Å². The summed E-state index contributed by atoms with van der Waals surface area (Å²) in [4.78, 5) is 9.18. The standard InChI is InChI=1S/C16H17N3O2/c1-5-13-15(17-7-1)19(10-12-4-2-8-20-11-12)16(18-13)14-6-3-9-21-14/h1,3,5-7,9,12H,2,4,8,10-11H2. The molecule has 0 spiro atoms. The molecule has 1 atom stereocenters. The number of fused-ring (bicyclic) bond motifs is 1. The van der Waals surface area contributed by atoms with Crippen molar-refractivity contribution in [2.75, 3.05) is 13.2 Å². The molecule has 108 valence electrons. The predicted molar refractivity (Wildman–Crippen MR) is 78.8 cm³/mol. The summed E-state index contributed by atoms with van der Waals surface area (Å²) >= 11 is 0. The first kappa shape index (κ1) is 12.6. The number of rotatable bonds is 3. The number of hydrogen-bond donors (Lipinski definition) is 0. The SMILES string of the molecule is c1coc(-c2nc3cccnc3n2CC2CCCOC2)c1. The summed E-state index contributed by atoms with van der Waals surface area (Å²) in [6, 6.07) is 7.73. The molecule has 3 aromatic heterocycles. The fourth-order valence-electron chi connectivity index (χ4n) is 2.93. The van der Waals surface area contributed by atoms with Crippen molar-refractivity contribution in [1.82, 2.24) is 14.5 Å². The van der Waals surface area contributed by atoms with E-state index in [1.165, 1.54) is 6.42 Å². The lowest BCUT2D eigenvalue weighted by atomic mass is 10.0. The van der Waals surface area contributed by atoms with E-state index in [4.69, 9.17) is 9.15 Å². The Morgan fingerprint density at radius 1 is 1.29 bits per heavy atom. The number of hydrogen-bond acceptors (Lipinski definition) is 4. The van der Waals surface area contributed by atoms with Crippen LogP contribution in [0.4, 0.5) is 0 Å². The molecule has 0 saturated carbocycles. The summed E-state index contributed by atoms with van der Waals surface area (Å²) in [5, 5.41) is 0. The Kier molecular flexibility index (Phi) is 3.20. The Balaban J connectivity index is 1.78. The lowest BCUT2D eigenvalue weighted by Gasteiger charge is -2.23. The van der Waals surface area contributed by atoms with E-state index in [0.717, 1.165) is 48.9 Å². The van der Waals surface area contributed by atoms with Crippen LogP contribution < -0.4 is 0 Å². The molecule has 5 nitrogen and oxygen atoms in total. The smallest absolute Gasteiger partial charge is 0.178 e. The van der Waals surface area contributed by atoms with E-state index in [0.29, 0.717) is 5.92 Å². The number of imidazole rings is 1. The number of furan rings is 1. The third kappa shape index (κ3) is 2.34. The minimum atomic E-state index is 0.506. The zero-order valence-corrected chi connectivity index (χ0v) is 11.7. The van der Waals surface area contributed by atoms with Crippen molar-refractivity contribution in [1.29, 1.82) is 0 Å². The molecule has 0 bridgehead atoms. The topological polar surface area (TPSA) is 53.1 Å². The largest absolute Gasteiger partial charge is 0.461 e. The zero-order chi connectivity index (χ0) is 14.1. The van der Waals surface area contributed by atoms with Crippen molar-refractivity contribution in [3.63, 3.8) is 0 Å². The Bertz CT molecular complexity index is 727. The fourth-order valence-corrected chi connectivity index (χ4v) is 2.93. The molecular weight excluding hydrogens is 266 g/mol. The van der Waals surface area contributed by atoms with Gasteiger partial charge in [0, 0.05) is 25.3 Å². The Labute approximate surface area is 122 Å². The Hall–Kier alpha value is -2.14. The fraction of sp³-hybridized carbons (Fsp3) is 0.375. The third-order valence-corrected chi connectivity index (χ3v) is 3.94. The van der Waals surface area contributed by atoms with Crippen LogP contribution in [0.2, 0.25) is 0 Å². The van der Waals surface area contributed by atoms with Crippen LogP contribution in [0.3, 0.4) is 0 Å². The van der Waals surface area contributed by atoms with Gasteiger partial charge in [0.25, 0.3) is 0 Å². The van der Waals surface area contributed by atoms with Crippen molar-refractivity contribution in [2.24, 2.45) is 5.92 Å². The highest BCUT2D eigenvalue weighted by molar-refractivity contribution is 5.75. The van der Waals surface area contributed by atoms with Crippen LogP contribution in [-0.2, 0) is 11.3 Å². The summed E-state index contributed by atoms with van der Waals surface area (Å²) in [6.45, 7) is 2.55. The summed E-state index contributed by atoms with van der Waals surface area (Å²) in [5.41, 5.74) is 1.81. The number of nitrogens with zero attached hydrogens (tertiary/aromatic N) is 3. The molecule has 0 aliphatic carbocycles. The van der Waals surface area contributed by atoms with Crippen LogP contribution >= 0.6 is 0 Å². The highest BCUT2D eigenvalue weighted by Crippen LogP contribution is 2.26. The van der Waals surface area contributed by atoms with Crippen LogP contribution in [0.15, 0.2) is 41.1 Å². The molecule has 21 heavy (non-hydrogen) atoms. The van der Waals surface area contributed by atoms with Gasteiger partial charge in [-0.3, -0.25) is 0 Å². The van der Waals surface area contributed by atoms with Crippen molar-refractivity contribution >= 4 is 11.2 Å². The minimum absolute atomic E-state index is 0.506. The molecule has 4 heterocycles. The minimum Gasteiger partial charge on any atom is -0.461 e. The van der Waals surface area contributed by atoms with E-state index in [1.807, 2.05) is 30.5 Å². The maximum Gasteiger partial charge on any atom is 0.178 e. The number of ether oxygens (including phenoxy) is 1. The first-order chi connectivity index (χ1) is 10.4. The average molecular weight is 283 g/mol. The molecule has 1 fully saturated rings. The second kappa shape index (κ2) is 5.33. The van der Waals surface area contributed by atoms with Gasteiger partial charge in [0.15, 0.2) is 17.2 Å². The van der Waals surface area contributed by atoms with Crippen molar-refractivity contribution in [2.45, 2.75) is 19.4 Å². The highest BCUT2D eigenvalue weighted by atomic mass is 16.5. The van der Waals surface area contributed by atoms with Gasteiger partial charge in [-0.15, -0.1) is 0 Å². The maximum atomic E-state index is 5.60. The van der Waals surface area contributed by atoms with Gasteiger partial charge in [0.05, 0.1) is 12.9 Å². The molecule has 5 heteroatoms. The lowest BCUT2D eigenvalue weighted by molar-refractivity contribution is 0.0488. The Morgan fingerprint density at radius 2 is 2.29 bits per heavy atom. The summed E-state index contributed by atoms with van der Waals surface area (Å²) in [5.74, 6) is 2.14. The molecule has 1 aliphatic rings. The van der Waals surface area contributed by atoms with Crippen molar-refractivity contribution < 1.29 is 9.15 Å². The van der Waals surface area contributed by atoms with Gasteiger partial charge in [-0.2, -0.15) is 0 Å². The van der Waals surface area contributed by atoms with Crippen molar-refractivity contribution in [3.05, 3.63) is 36.7 Å². The van der Waals surface area contributed by atoms with Crippen LogP contribution in [0, 0.1) is 5.92 Å².